The molecule has 3 atom stereocenters. The maximum absolute atomic E-state index is 14.4. The van der Waals surface area contributed by atoms with Crippen LogP contribution in [0.1, 0.15) is 116 Å². The highest BCUT2D eigenvalue weighted by atomic mass is 32.2. The summed E-state index contributed by atoms with van der Waals surface area (Å²) in [4.78, 5) is 42.9. The number of thioether (sulfide) groups is 1. The van der Waals surface area contributed by atoms with E-state index in [0.717, 1.165) is 61.6 Å². The number of carbonyl (C=O) groups is 3. The van der Waals surface area contributed by atoms with E-state index in [9.17, 15) is 14.4 Å². The summed E-state index contributed by atoms with van der Waals surface area (Å²) < 4.78 is 5.50. The first-order chi connectivity index (χ1) is 18.9. The van der Waals surface area contributed by atoms with Crippen LogP contribution in [0.3, 0.4) is 0 Å². The second-order valence-electron chi connectivity index (χ2n) is 11.8. The van der Waals surface area contributed by atoms with Crippen LogP contribution < -0.4 is 10.6 Å². The van der Waals surface area contributed by atoms with Gasteiger partial charge in [0.2, 0.25) is 11.8 Å². The molecular weight excluding hydrogens is 522 g/mol. The van der Waals surface area contributed by atoms with Gasteiger partial charge < -0.3 is 20.3 Å². The quantitative estimate of drug-likeness (QED) is 0.193. The molecule has 0 bridgehead atoms. The summed E-state index contributed by atoms with van der Waals surface area (Å²) in [6.07, 6.45) is 8.70. The summed E-state index contributed by atoms with van der Waals surface area (Å²) in [5.41, 5.74) is 2.20. The molecule has 3 amide bonds. The zero-order valence-corrected chi connectivity index (χ0v) is 27.3. The van der Waals surface area contributed by atoms with Crippen LogP contribution in [0.4, 0.5) is 4.79 Å². The number of carbonyl (C=O) groups excluding carboxylic acids is 3. The van der Waals surface area contributed by atoms with Crippen LogP contribution in [-0.2, 0) is 14.3 Å². The normalized spacial score (nSPS) is 13.7. The van der Waals surface area contributed by atoms with E-state index >= 15 is 0 Å². The van der Waals surface area contributed by atoms with Gasteiger partial charge in [-0.2, -0.15) is 11.8 Å². The second kappa shape index (κ2) is 18.3. The lowest BCUT2D eigenvalue weighted by Gasteiger charge is -2.36. The van der Waals surface area contributed by atoms with Gasteiger partial charge in [0.25, 0.3) is 0 Å². The van der Waals surface area contributed by atoms with Gasteiger partial charge in [-0.15, -0.1) is 0 Å². The van der Waals surface area contributed by atoms with Crippen molar-refractivity contribution >= 4 is 29.7 Å². The highest BCUT2D eigenvalue weighted by molar-refractivity contribution is 7.98. The van der Waals surface area contributed by atoms with E-state index < -0.39 is 23.8 Å². The number of rotatable bonds is 17. The largest absolute Gasteiger partial charge is 0.444 e. The number of nitrogens with zero attached hydrogens (tertiary/aromatic N) is 1. The molecule has 0 aliphatic rings. The van der Waals surface area contributed by atoms with Crippen LogP contribution in [0.2, 0.25) is 0 Å². The van der Waals surface area contributed by atoms with Crippen LogP contribution in [0, 0.1) is 13.8 Å². The zero-order chi connectivity index (χ0) is 30.3. The molecule has 2 N–H and O–H groups in total. The van der Waals surface area contributed by atoms with E-state index in [2.05, 4.69) is 24.5 Å². The lowest BCUT2D eigenvalue weighted by Crippen LogP contribution is -2.54. The summed E-state index contributed by atoms with van der Waals surface area (Å²) in [6.45, 7) is 16.1. The van der Waals surface area contributed by atoms with Crippen molar-refractivity contribution in [1.29, 1.82) is 0 Å². The van der Waals surface area contributed by atoms with Crippen molar-refractivity contribution in [2.75, 3.05) is 18.6 Å². The maximum Gasteiger partial charge on any atom is 0.408 e. The molecule has 0 saturated carbocycles. The van der Waals surface area contributed by atoms with Gasteiger partial charge in [-0.1, -0.05) is 64.2 Å². The number of alkyl carbamates (subject to hydrolysis) is 1. The van der Waals surface area contributed by atoms with Gasteiger partial charge in [0.15, 0.2) is 0 Å². The van der Waals surface area contributed by atoms with Crippen molar-refractivity contribution < 1.29 is 19.1 Å². The minimum Gasteiger partial charge on any atom is -0.444 e. The lowest BCUT2D eigenvalue weighted by molar-refractivity contribution is -0.143. The number of hydrogen-bond donors (Lipinski definition) is 2. The van der Waals surface area contributed by atoms with Crippen LogP contribution in [-0.4, -0.2) is 59.0 Å². The molecule has 3 unspecified atom stereocenters. The third-order valence-electron chi connectivity index (χ3n) is 7.00. The fourth-order valence-electron chi connectivity index (χ4n) is 4.74. The van der Waals surface area contributed by atoms with Crippen molar-refractivity contribution in [1.82, 2.24) is 15.5 Å². The Morgan fingerprint density at radius 3 is 2.25 bits per heavy atom. The van der Waals surface area contributed by atoms with Gasteiger partial charge >= 0.3 is 6.09 Å². The number of benzene rings is 1. The smallest absolute Gasteiger partial charge is 0.408 e. The molecule has 7 nitrogen and oxygen atoms in total. The first-order valence-corrected chi connectivity index (χ1v) is 16.4. The SMILES string of the molecule is CCCCCCCN(C(=O)C(CCSC)NC(=O)OC(C)(C)C)C(C(=O)NC(C)CCC)c1cccc(C)c1C. The Balaban J connectivity index is 3.55. The predicted molar refractivity (Wildman–Crippen MR) is 168 cm³/mol. The first-order valence-electron chi connectivity index (χ1n) is 15.0. The van der Waals surface area contributed by atoms with Crippen LogP contribution >= 0.6 is 11.8 Å². The summed E-state index contributed by atoms with van der Waals surface area (Å²) >= 11 is 1.61. The van der Waals surface area contributed by atoms with Crippen LogP contribution in [0.25, 0.3) is 0 Å². The van der Waals surface area contributed by atoms with Gasteiger partial charge in [-0.05, 0) is 89.5 Å². The molecule has 0 aliphatic heterocycles. The molecule has 0 spiro atoms. The minimum atomic E-state index is -0.800. The number of unbranched alkanes of at least 4 members (excludes halogenated alkanes) is 4. The van der Waals surface area contributed by atoms with Crippen molar-refractivity contribution in [2.24, 2.45) is 0 Å². The molecule has 0 saturated heterocycles. The van der Waals surface area contributed by atoms with Crippen molar-refractivity contribution in [3.63, 3.8) is 0 Å². The van der Waals surface area contributed by atoms with Gasteiger partial charge in [0.1, 0.15) is 17.7 Å². The number of hydrogen-bond acceptors (Lipinski definition) is 5. The highest BCUT2D eigenvalue weighted by Gasteiger charge is 2.37. The van der Waals surface area contributed by atoms with Crippen molar-refractivity contribution in [3.8, 4) is 0 Å². The third-order valence-corrected chi connectivity index (χ3v) is 7.64. The zero-order valence-electron chi connectivity index (χ0n) is 26.5. The van der Waals surface area contributed by atoms with E-state index in [1.54, 1.807) is 37.4 Å². The van der Waals surface area contributed by atoms with E-state index in [4.69, 9.17) is 4.74 Å². The fraction of sp³-hybridized carbons (Fsp3) is 0.719. The number of aryl methyl sites for hydroxylation is 1. The molecular formula is C32H55N3O4S. The van der Waals surface area contributed by atoms with Gasteiger partial charge in [-0.25, -0.2) is 4.79 Å². The Hall–Kier alpha value is -2.22. The molecule has 1 aromatic carbocycles. The molecule has 1 aromatic rings. The average molecular weight is 578 g/mol. The highest BCUT2D eigenvalue weighted by Crippen LogP contribution is 2.29. The average Bonchev–Trinajstić information content (AvgIpc) is 2.86. The van der Waals surface area contributed by atoms with Crippen molar-refractivity contribution in [3.05, 3.63) is 34.9 Å². The minimum absolute atomic E-state index is 0.0150. The molecule has 0 aromatic heterocycles. The van der Waals surface area contributed by atoms with Crippen molar-refractivity contribution in [2.45, 2.75) is 130 Å². The number of nitrogens with one attached hydrogen (secondary N) is 2. The predicted octanol–water partition coefficient (Wildman–Crippen LogP) is 7.09. The van der Waals surface area contributed by atoms with E-state index in [-0.39, 0.29) is 17.9 Å². The topological polar surface area (TPSA) is 87.7 Å². The molecule has 0 fully saturated rings. The number of amides is 3. The Labute approximate surface area is 248 Å². The third kappa shape index (κ3) is 12.5. The summed E-state index contributed by atoms with van der Waals surface area (Å²) in [5.74, 6) is 0.252. The molecule has 228 valence electrons. The second-order valence-corrected chi connectivity index (χ2v) is 12.8. The fourth-order valence-corrected chi connectivity index (χ4v) is 5.21. The Morgan fingerprint density at radius 2 is 1.65 bits per heavy atom. The first kappa shape index (κ1) is 35.8. The van der Waals surface area contributed by atoms with Gasteiger partial charge in [-0.3, -0.25) is 9.59 Å². The Kier molecular flexibility index (Phi) is 16.3. The summed E-state index contributed by atoms with van der Waals surface area (Å²) in [7, 11) is 0. The summed E-state index contributed by atoms with van der Waals surface area (Å²) in [6, 6.07) is 4.31. The Bertz CT molecular complexity index is 931. The van der Waals surface area contributed by atoms with Crippen LogP contribution in [0.5, 0.6) is 0 Å². The van der Waals surface area contributed by atoms with E-state index in [1.807, 2.05) is 45.2 Å². The molecule has 1 rings (SSSR count). The molecule has 0 radical (unpaired) electrons. The molecule has 8 heteroatoms. The van der Waals surface area contributed by atoms with Gasteiger partial charge in [0.05, 0.1) is 0 Å². The standard InChI is InChI=1S/C32H55N3O4S/c1-10-12-13-14-15-21-35(30(37)27(20-22-40-9)34-31(38)39-32(6,7)8)28(29(36)33-24(4)17-11-2)26-19-16-18-23(3)25(26)5/h16,18-19,24,27-28H,10-15,17,20-22H2,1-9H3,(H,33,36)(H,34,38). The maximum atomic E-state index is 14.4. The lowest BCUT2D eigenvalue weighted by atomic mass is 9.94. The number of ether oxygens (including phenoxy) is 1. The molecule has 0 heterocycles. The van der Waals surface area contributed by atoms with E-state index in [1.165, 1.54) is 0 Å². The summed E-state index contributed by atoms with van der Waals surface area (Å²) in [5, 5.41) is 6.01. The monoisotopic (exact) mass is 577 g/mol. The molecule has 40 heavy (non-hydrogen) atoms. The van der Waals surface area contributed by atoms with E-state index in [0.29, 0.717) is 18.7 Å². The van der Waals surface area contributed by atoms with Gasteiger partial charge in [0, 0.05) is 12.6 Å². The molecule has 0 aliphatic carbocycles. The van der Waals surface area contributed by atoms with Crippen LogP contribution in [0.15, 0.2) is 18.2 Å². The Morgan fingerprint density at radius 1 is 0.975 bits per heavy atom.